The molecule has 2 amide bonds. The molecule has 0 aliphatic heterocycles. The fraction of sp³-hybridized carbons (Fsp3) is 0.857. The maximum absolute atomic E-state index is 10.7. The van der Waals surface area contributed by atoms with Gasteiger partial charge < -0.3 is 5.73 Å². The number of amides is 2. The molecule has 0 unspecified atom stereocenters. The fourth-order valence-electron chi connectivity index (χ4n) is 1.83. The van der Waals surface area contributed by atoms with Crippen LogP contribution in [-0.4, -0.2) is 18.4 Å². The predicted octanol–water partition coefficient (Wildman–Crippen LogP) is 2.44. The first kappa shape index (κ1) is 17.9. The molecule has 0 aliphatic carbocycles. The SMILES string of the molecule is CCCCCCCCCCCCONC(=O)C(N)=O. The summed E-state index contributed by atoms with van der Waals surface area (Å²) in [5.41, 5.74) is 6.74. The Labute approximate surface area is 116 Å². The summed E-state index contributed by atoms with van der Waals surface area (Å²) in [5.74, 6) is -1.92. The van der Waals surface area contributed by atoms with E-state index in [1.165, 1.54) is 51.4 Å². The Balaban J connectivity index is 3.07. The molecule has 0 spiro atoms. The number of primary amides is 1. The average molecular weight is 272 g/mol. The van der Waals surface area contributed by atoms with E-state index in [0.717, 1.165) is 12.8 Å². The van der Waals surface area contributed by atoms with Gasteiger partial charge in [-0.3, -0.25) is 14.4 Å². The standard InChI is InChI=1S/C14H28N2O3/c1-2-3-4-5-6-7-8-9-10-11-12-19-16-14(18)13(15)17/h2-12H2,1H3,(H2,15,17)(H,16,18). The maximum Gasteiger partial charge on any atom is 0.332 e. The number of hydroxylamine groups is 1. The van der Waals surface area contributed by atoms with E-state index in [2.05, 4.69) is 6.92 Å². The minimum absolute atomic E-state index is 0.426. The van der Waals surface area contributed by atoms with E-state index < -0.39 is 11.8 Å². The summed E-state index contributed by atoms with van der Waals surface area (Å²) in [5, 5.41) is 0. The Hall–Kier alpha value is -1.10. The predicted molar refractivity (Wildman–Crippen MR) is 75.1 cm³/mol. The van der Waals surface area contributed by atoms with Crippen LogP contribution in [0.25, 0.3) is 0 Å². The molecule has 0 atom stereocenters. The summed E-state index contributed by atoms with van der Waals surface area (Å²) >= 11 is 0. The largest absolute Gasteiger partial charge is 0.361 e. The molecule has 0 saturated carbocycles. The Morgan fingerprint density at radius 2 is 1.37 bits per heavy atom. The molecule has 0 radical (unpaired) electrons. The van der Waals surface area contributed by atoms with Crippen LogP contribution in [0.3, 0.4) is 0 Å². The van der Waals surface area contributed by atoms with E-state index in [4.69, 9.17) is 10.6 Å². The van der Waals surface area contributed by atoms with Crippen molar-refractivity contribution in [3.05, 3.63) is 0 Å². The number of hydrogen-bond donors (Lipinski definition) is 2. The van der Waals surface area contributed by atoms with Crippen LogP contribution in [0.4, 0.5) is 0 Å². The van der Waals surface area contributed by atoms with Gasteiger partial charge in [0.1, 0.15) is 0 Å². The van der Waals surface area contributed by atoms with Crippen molar-refractivity contribution in [3.8, 4) is 0 Å². The molecule has 5 heteroatoms. The molecule has 3 N–H and O–H groups in total. The monoisotopic (exact) mass is 272 g/mol. The summed E-state index contributed by atoms with van der Waals surface area (Å²) in [7, 11) is 0. The van der Waals surface area contributed by atoms with Crippen molar-refractivity contribution in [1.29, 1.82) is 0 Å². The van der Waals surface area contributed by atoms with Crippen LogP contribution in [-0.2, 0) is 14.4 Å². The quantitative estimate of drug-likeness (QED) is 0.325. The molecule has 0 aromatic heterocycles. The third kappa shape index (κ3) is 13.1. The lowest BCUT2D eigenvalue weighted by molar-refractivity contribution is -0.145. The highest BCUT2D eigenvalue weighted by Crippen LogP contribution is 2.10. The van der Waals surface area contributed by atoms with E-state index in [-0.39, 0.29) is 0 Å². The van der Waals surface area contributed by atoms with E-state index in [9.17, 15) is 9.59 Å². The van der Waals surface area contributed by atoms with Crippen LogP contribution in [0, 0.1) is 0 Å². The zero-order chi connectivity index (χ0) is 14.3. The van der Waals surface area contributed by atoms with Crippen molar-refractivity contribution >= 4 is 11.8 Å². The molecule has 0 bridgehead atoms. The molecule has 5 nitrogen and oxygen atoms in total. The summed E-state index contributed by atoms with van der Waals surface area (Å²) in [6.07, 6.45) is 12.5. The molecule has 0 fully saturated rings. The van der Waals surface area contributed by atoms with Crippen LogP contribution in [0.5, 0.6) is 0 Å². The lowest BCUT2D eigenvalue weighted by Crippen LogP contribution is -2.36. The van der Waals surface area contributed by atoms with Crippen molar-refractivity contribution in [1.82, 2.24) is 5.48 Å². The Morgan fingerprint density at radius 1 is 0.895 bits per heavy atom. The normalized spacial score (nSPS) is 10.4. The van der Waals surface area contributed by atoms with Crippen molar-refractivity contribution in [2.24, 2.45) is 5.73 Å². The molecule has 19 heavy (non-hydrogen) atoms. The number of carbonyl (C=O) groups is 2. The highest BCUT2D eigenvalue weighted by atomic mass is 16.7. The molecular formula is C14H28N2O3. The fourth-order valence-corrected chi connectivity index (χ4v) is 1.83. The molecule has 0 aromatic rings. The van der Waals surface area contributed by atoms with E-state index >= 15 is 0 Å². The molecule has 0 heterocycles. The second kappa shape index (κ2) is 13.3. The Kier molecular flexibility index (Phi) is 12.6. The molecule has 0 aromatic carbocycles. The molecule has 112 valence electrons. The van der Waals surface area contributed by atoms with Gasteiger partial charge in [-0.2, -0.15) is 0 Å². The minimum atomic E-state index is -1.02. The average Bonchev–Trinajstić information content (AvgIpc) is 2.39. The van der Waals surface area contributed by atoms with E-state index in [1.54, 1.807) is 0 Å². The number of carbonyl (C=O) groups excluding carboxylic acids is 2. The lowest BCUT2D eigenvalue weighted by Gasteiger charge is -2.04. The van der Waals surface area contributed by atoms with Crippen LogP contribution < -0.4 is 11.2 Å². The van der Waals surface area contributed by atoms with Crippen molar-refractivity contribution in [3.63, 3.8) is 0 Å². The van der Waals surface area contributed by atoms with Crippen molar-refractivity contribution in [2.45, 2.75) is 71.1 Å². The Bertz CT molecular complexity index is 245. The smallest absolute Gasteiger partial charge is 0.332 e. The van der Waals surface area contributed by atoms with Gasteiger partial charge in [-0.05, 0) is 6.42 Å². The number of rotatable bonds is 12. The molecule has 0 rings (SSSR count). The first-order valence-corrected chi connectivity index (χ1v) is 7.40. The van der Waals surface area contributed by atoms with Crippen LogP contribution in [0.1, 0.15) is 71.1 Å². The first-order chi connectivity index (χ1) is 9.18. The first-order valence-electron chi connectivity index (χ1n) is 7.40. The Morgan fingerprint density at radius 3 is 1.84 bits per heavy atom. The van der Waals surface area contributed by atoms with Gasteiger partial charge in [-0.1, -0.05) is 64.7 Å². The van der Waals surface area contributed by atoms with Crippen LogP contribution in [0.15, 0.2) is 0 Å². The van der Waals surface area contributed by atoms with Gasteiger partial charge in [0.25, 0.3) is 0 Å². The zero-order valence-corrected chi connectivity index (χ0v) is 12.1. The van der Waals surface area contributed by atoms with Gasteiger partial charge >= 0.3 is 11.8 Å². The lowest BCUT2D eigenvalue weighted by atomic mass is 10.1. The summed E-state index contributed by atoms with van der Waals surface area (Å²) in [4.78, 5) is 25.9. The van der Waals surface area contributed by atoms with Gasteiger partial charge in [0, 0.05) is 0 Å². The number of nitrogens with one attached hydrogen (secondary N) is 1. The summed E-state index contributed by atoms with van der Waals surface area (Å²) in [6.45, 7) is 2.66. The second-order valence-electron chi connectivity index (χ2n) is 4.83. The van der Waals surface area contributed by atoms with Gasteiger partial charge in [0.05, 0.1) is 6.61 Å². The van der Waals surface area contributed by atoms with Crippen LogP contribution >= 0.6 is 0 Å². The van der Waals surface area contributed by atoms with Crippen LogP contribution in [0.2, 0.25) is 0 Å². The molecular weight excluding hydrogens is 244 g/mol. The number of hydrogen-bond acceptors (Lipinski definition) is 3. The molecule has 0 aliphatic rings. The van der Waals surface area contributed by atoms with Gasteiger partial charge in [0.15, 0.2) is 0 Å². The second-order valence-corrected chi connectivity index (χ2v) is 4.83. The van der Waals surface area contributed by atoms with Crippen molar-refractivity contribution < 1.29 is 14.4 Å². The van der Waals surface area contributed by atoms with E-state index in [0.29, 0.717) is 6.61 Å². The number of nitrogens with two attached hydrogens (primary N) is 1. The van der Waals surface area contributed by atoms with Gasteiger partial charge in [-0.25, -0.2) is 5.48 Å². The third-order valence-electron chi connectivity index (χ3n) is 2.99. The third-order valence-corrected chi connectivity index (χ3v) is 2.99. The topological polar surface area (TPSA) is 81.4 Å². The van der Waals surface area contributed by atoms with E-state index in [1.807, 2.05) is 5.48 Å². The van der Waals surface area contributed by atoms with Crippen molar-refractivity contribution in [2.75, 3.05) is 6.61 Å². The maximum atomic E-state index is 10.7. The van der Waals surface area contributed by atoms with Gasteiger partial charge in [-0.15, -0.1) is 0 Å². The summed E-state index contributed by atoms with van der Waals surface area (Å²) < 4.78 is 0. The highest BCUT2D eigenvalue weighted by Gasteiger charge is 2.06. The summed E-state index contributed by atoms with van der Waals surface area (Å²) in [6, 6.07) is 0. The van der Waals surface area contributed by atoms with Gasteiger partial charge in [0.2, 0.25) is 0 Å². The molecule has 0 saturated heterocycles. The zero-order valence-electron chi connectivity index (χ0n) is 12.1. The highest BCUT2D eigenvalue weighted by molar-refractivity contribution is 6.34. The number of unbranched alkanes of at least 4 members (excludes halogenated alkanes) is 9. The minimum Gasteiger partial charge on any atom is -0.361 e.